The van der Waals surface area contributed by atoms with Gasteiger partial charge in [-0.05, 0) is 30.9 Å². The van der Waals surface area contributed by atoms with Crippen molar-refractivity contribution in [3.05, 3.63) is 30.1 Å². The summed E-state index contributed by atoms with van der Waals surface area (Å²) in [6.45, 7) is 0. The van der Waals surface area contributed by atoms with E-state index in [0.29, 0.717) is 12.3 Å². The molecule has 4 heteroatoms. The Balaban J connectivity index is 1.89. The minimum atomic E-state index is -0.401. The van der Waals surface area contributed by atoms with Gasteiger partial charge in [-0.3, -0.25) is 4.79 Å². The fourth-order valence-electron chi connectivity index (χ4n) is 2.75. The third-order valence-corrected chi connectivity index (χ3v) is 3.70. The van der Waals surface area contributed by atoms with Gasteiger partial charge in [0.1, 0.15) is 11.5 Å². The zero-order valence-electron chi connectivity index (χ0n) is 10.1. The number of anilines is 1. The highest BCUT2D eigenvalue weighted by Gasteiger charge is 2.32. The highest BCUT2D eigenvalue weighted by molar-refractivity contribution is 6.13. The van der Waals surface area contributed by atoms with Gasteiger partial charge < -0.3 is 0 Å². The number of para-hydroxylation sites is 1. The molecule has 0 aromatic heterocycles. The third-order valence-electron chi connectivity index (χ3n) is 3.70. The molecule has 1 aliphatic heterocycles. The van der Waals surface area contributed by atoms with Crippen molar-refractivity contribution >= 4 is 17.3 Å². The Morgan fingerprint density at radius 1 is 1.22 bits per heavy atom. The molecule has 1 aromatic carbocycles. The van der Waals surface area contributed by atoms with E-state index in [1.165, 1.54) is 23.9 Å². The molecular weight excluding hydrogens is 231 g/mol. The maximum absolute atomic E-state index is 13.7. The van der Waals surface area contributed by atoms with Crippen LogP contribution >= 0.6 is 0 Å². The van der Waals surface area contributed by atoms with Gasteiger partial charge in [0.2, 0.25) is 0 Å². The smallest absolute Gasteiger partial charge is 0.253 e. The summed E-state index contributed by atoms with van der Waals surface area (Å²) in [7, 11) is 0. The molecule has 2 aliphatic rings. The molecule has 1 fully saturated rings. The second kappa shape index (κ2) is 4.52. The largest absolute Gasteiger partial charge is 0.272 e. The Kier molecular flexibility index (Phi) is 2.86. The van der Waals surface area contributed by atoms with E-state index in [4.69, 9.17) is 0 Å². The average Bonchev–Trinajstić information content (AvgIpc) is 2.99. The molecule has 1 heterocycles. The topological polar surface area (TPSA) is 32.7 Å². The number of carbonyl (C=O) groups is 1. The molecule has 0 atom stereocenters. The minimum absolute atomic E-state index is 0.123. The van der Waals surface area contributed by atoms with Crippen LogP contribution in [0.2, 0.25) is 0 Å². The van der Waals surface area contributed by atoms with E-state index in [2.05, 4.69) is 5.10 Å². The van der Waals surface area contributed by atoms with E-state index < -0.39 is 5.82 Å². The highest BCUT2D eigenvalue weighted by Crippen LogP contribution is 2.32. The Bertz CT molecular complexity index is 506. The van der Waals surface area contributed by atoms with Crippen LogP contribution in [-0.4, -0.2) is 11.6 Å². The van der Waals surface area contributed by atoms with Crippen LogP contribution in [-0.2, 0) is 4.79 Å². The van der Waals surface area contributed by atoms with E-state index >= 15 is 0 Å². The van der Waals surface area contributed by atoms with Crippen LogP contribution in [0.5, 0.6) is 0 Å². The quantitative estimate of drug-likeness (QED) is 0.789. The van der Waals surface area contributed by atoms with Crippen molar-refractivity contribution in [2.75, 3.05) is 5.01 Å². The lowest BCUT2D eigenvalue weighted by Gasteiger charge is -2.12. The van der Waals surface area contributed by atoms with E-state index in [1.807, 2.05) is 0 Å². The van der Waals surface area contributed by atoms with Crippen molar-refractivity contribution in [2.24, 2.45) is 11.0 Å². The number of hydrazone groups is 1. The second-order valence-electron chi connectivity index (χ2n) is 4.91. The summed E-state index contributed by atoms with van der Waals surface area (Å²) in [6, 6.07) is 6.27. The average molecular weight is 246 g/mol. The second-order valence-corrected chi connectivity index (χ2v) is 4.91. The molecule has 0 radical (unpaired) electrons. The monoisotopic (exact) mass is 246 g/mol. The van der Waals surface area contributed by atoms with Crippen LogP contribution in [0.15, 0.2) is 29.4 Å². The summed E-state index contributed by atoms with van der Waals surface area (Å²) in [5, 5.41) is 5.57. The fourth-order valence-corrected chi connectivity index (χ4v) is 2.75. The first-order chi connectivity index (χ1) is 8.75. The number of amides is 1. The first-order valence-electron chi connectivity index (χ1n) is 6.40. The lowest BCUT2D eigenvalue weighted by Crippen LogP contribution is -2.20. The van der Waals surface area contributed by atoms with E-state index in [9.17, 15) is 9.18 Å². The minimum Gasteiger partial charge on any atom is -0.272 e. The number of hydrogen-bond acceptors (Lipinski definition) is 2. The highest BCUT2D eigenvalue weighted by atomic mass is 19.1. The number of hydrogen-bond donors (Lipinski definition) is 0. The van der Waals surface area contributed by atoms with Crippen molar-refractivity contribution in [1.29, 1.82) is 0 Å². The van der Waals surface area contributed by atoms with Crippen LogP contribution < -0.4 is 5.01 Å². The van der Waals surface area contributed by atoms with Gasteiger partial charge in [-0.1, -0.05) is 25.0 Å². The third kappa shape index (κ3) is 1.92. The SMILES string of the molecule is O=C1CC(C2CCCC2)=NN1c1ccccc1F. The number of halogens is 1. The molecule has 1 aliphatic carbocycles. The van der Waals surface area contributed by atoms with Crippen LogP contribution in [0.1, 0.15) is 32.1 Å². The van der Waals surface area contributed by atoms with Crippen molar-refractivity contribution in [3.63, 3.8) is 0 Å². The summed E-state index contributed by atoms with van der Waals surface area (Å²) < 4.78 is 13.7. The number of nitrogens with zero attached hydrogens (tertiary/aromatic N) is 2. The molecule has 0 unspecified atom stereocenters. The summed E-state index contributed by atoms with van der Waals surface area (Å²) in [5.74, 6) is -0.102. The molecule has 18 heavy (non-hydrogen) atoms. The van der Waals surface area contributed by atoms with Gasteiger partial charge in [-0.15, -0.1) is 0 Å². The summed E-state index contributed by atoms with van der Waals surface area (Å²) >= 11 is 0. The molecule has 1 amide bonds. The maximum Gasteiger partial charge on any atom is 0.253 e. The Morgan fingerprint density at radius 2 is 1.94 bits per heavy atom. The molecule has 1 saturated carbocycles. The lowest BCUT2D eigenvalue weighted by molar-refractivity contribution is -0.117. The van der Waals surface area contributed by atoms with Gasteiger partial charge in [0.15, 0.2) is 0 Å². The predicted molar refractivity (Wildman–Crippen MR) is 67.9 cm³/mol. The molecule has 3 nitrogen and oxygen atoms in total. The van der Waals surface area contributed by atoms with Gasteiger partial charge in [0.25, 0.3) is 5.91 Å². The molecule has 1 aromatic rings. The molecule has 3 rings (SSSR count). The van der Waals surface area contributed by atoms with Crippen molar-refractivity contribution in [2.45, 2.75) is 32.1 Å². The zero-order valence-corrected chi connectivity index (χ0v) is 10.1. The molecular formula is C14H15FN2O. The standard InChI is InChI=1S/C14H15FN2O/c15-11-7-3-4-8-13(11)17-14(18)9-12(16-17)10-5-1-2-6-10/h3-4,7-8,10H,1-2,5-6,9H2. The lowest BCUT2D eigenvalue weighted by atomic mass is 10.00. The molecule has 0 bridgehead atoms. The number of rotatable bonds is 2. The van der Waals surface area contributed by atoms with Gasteiger partial charge in [-0.2, -0.15) is 10.1 Å². The zero-order chi connectivity index (χ0) is 12.5. The van der Waals surface area contributed by atoms with Gasteiger partial charge in [0, 0.05) is 0 Å². The van der Waals surface area contributed by atoms with E-state index in [1.54, 1.807) is 18.2 Å². The van der Waals surface area contributed by atoms with Gasteiger partial charge >= 0.3 is 0 Å². The van der Waals surface area contributed by atoms with Crippen molar-refractivity contribution in [1.82, 2.24) is 0 Å². The first kappa shape index (κ1) is 11.4. The van der Waals surface area contributed by atoms with E-state index in [0.717, 1.165) is 18.6 Å². The molecule has 0 spiro atoms. The summed E-state index contributed by atoms with van der Waals surface area (Å²) in [4.78, 5) is 11.9. The Morgan fingerprint density at radius 3 is 2.67 bits per heavy atom. The molecule has 0 saturated heterocycles. The fraction of sp³-hybridized carbons (Fsp3) is 0.429. The van der Waals surface area contributed by atoms with E-state index in [-0.39, 0.29) is 11.6 Å². The van der Waals surface area contributed by atoms with Crippen molar-refractivity contribution in [3.8, 4) is 0 Å². The summed E-state index contributed by atoms with van der Waals surface area (Å²) in [5.41, 5.74) is 1.19. The van der Waals surface area contributed by atoms with Gasteiger partial charge in [0.05, 0.1) is 12.1 Å². The van der Waals surface area contributed by atoms with Crippen LogP contribution in [0, 0.1) is 11.7 Å². The van der Waals surface area contributed by atoms with Crippen LogP contribution in [0.4, 0.5) is 10.1 Å². The Hall–Kier alpha value is -1.71. The maximum atomic E-state index is 13.7. The van der Waals surface area contributed by atoms with Crippen molar-refractivity contribution < 1.29 is 9.18 Å². The molecule has 0 N–H and O–H groups in total. The molecule has 94 valence electrons. The predicted octanol–water partition coefficient (Wildman–Crippen LogP) is 3.11. The summed E-state index contributed by atoms with van der Waals surface area (Å²) in [6.07, 6.45) is 4.97. The number of carbonyl (C=O) groups excluding carboxylic acids is 1. The Labute approximate surface area is 105 Å². The van der Waals surface area contributed by atoms with Gasteiger partial charge in [-0.25, -0.2) is 4.39 Å². The van der Waals surface area contributed by atoms with Crippen LogP contribution in [0.25, 0.3) is 0 Å². The normalized spacial score (nSPS) is 20.6. The first-order valence-corrected chi connectivity index (χ1v) is 6.40. The van der Waals surface area contributed by atoms with Crippen LogP contribution in [0.3, 0.4) is 0 Å². The number of benzene rings is 1.